The zero-order chi connectivity index (χ0) is 20.5. The van der Waals surface area contributed by atoms with E-state index < -0.39 is 0 Å². The number of hydrogen-bond acceptors (Lipinski definition) is 6. The van der Waals surface area contributed by atoms with Crippen molar-refractivity contribution in [3.05, 3.63) is 48.6 Å². The molecule has 0 aromatic carbocycles. The first-order chi connectivity index (χ1) is 14.7. The molecule has 3 aromatic heterocycles. The molecule has 2 atom stereocenters. The van der Waals surface area contributed by atoms with E-state index in [0.29, 0.717) is 12.0 Å². The van der Waals surface area contributed by atoms with E-state index in [1.54, 1.807) is 6.33 Å². The lowest BCUT2D eigenvalue weighted by Crippen LogP contribution is -2.35. The van der Waals surface area contributed by atoms with Gasteiger partial charge in [0, 0.05) is 56.9 Å². The Labute approximate surface area is 176 Å². The van der Waals surface area contributed by atoms with Gasteiger partial charge in [0.1, 0.15) is 23.6 Å². The number of aromatic amines is 1. The Hall–Kier alpha value is -3.22. The number of nitrogens with one attached hydrogen (secondary N) is 1. The fraction of sp³-hybridized carbons (Fsp3) is 0.391. The number of fused-ring (bicyclic) bond motifs is 1. The maximum atomic E-state index is 4.76. The SMILES string of the molecule is CCC1C=C(c2ccc(N(C)C3CCN(c4ncnc5[nH]ccc45)C3)nc2)C=NC1. The first kappa shape index (κ1) is 18.8. The molecule has 1 fully saturated rings. The molecule has 0 aliphatic carbocycles. The molecule has 3 aromatic rings. The van der Waals surface area contributed by atoms with Crippen LogP contribution < -0.4 is 9.80 Å². The fourth-order valence-electron chi connectivity index (χ4n) is 4.37. The van der Waals surface area contributed by atoms with Crippen molar-refractivity contribution >= 4 is 34.5 Å². The molecule has 0 bridgehead atoms. The third-order valence-corrected chi connectivity index (χ3v) is 6.30. The van der Waals surface area contributed by atoms with Crippen molar-refractivity contribution in [1.82, 2.24) is 19.9 Å². The van der Waals surface area contributed by atoms with Gasteiger partial charge < -0.3 is 14.8 Å². The van der Waals surface area contributed by atoms with Crippen molar-refractivity contribution in [3.8, 4) is 0 Å². The second-order valence-corrected chi connectivity index (χ2v) is 8.13. The van der Waals surface area contributed by atoms with Crippen LogP contribution in [0.15, 0.2) is 48.0 Å². The molecule has 5 rings (SSSR count). The Morgan fingerprint density at radius 2 is 2.13 bits per heavy atom. The average Bonchev–Trinajstić information content (AvgIpc) is 3.48. The van der Waals surface area contributed by atoms with Crippen molar-refractivity contribution in [2.45, 2.75) is 25.8 Å². The number of hydrogen-bond donors (Lipinski definition) is 1. The van der Waals surface area contributed by atoms with Crippen molar-refractivity contribution in [2.75, 3.05) is 36.5 Å². The minimum Gasteiger partial charge on any atom is -0.355 e. The number of likely N-dealkylation sites (N-methyl/N-ethyl adjacent to an activating group) is 1. The highest BCUT2D eigenvalue weighted by Gasteiger charge is 2.28. The summed E-state index contributed by atoms with van der Waals surface area (Å²) in [6.07, 6.45) is 12.0. The number of allylic oxidation sites excluding steroid dienone is 1. The molecule has 0 saturated carbocycles. The molecule has 2 aliphatic heterocycles. The van der Waals surface area contributed by atoms with E-state index in [4.69, 9.17) is 4.98 Å². The zero-order valence-electron chi connectivity index (χ0n) is 17.5. The molecule has 7 heteroatoms. The number of pyridine rings is 1. The number of anilines is 2. The molecule has 154 valence electrons. The molecule has 5 heterocycles. The molecule has 1 N–H and O–H groups in total. The minimum absolute atomic E-state index is 0.396. The molecule has 7 nitrogen and oxygen atoms in total. The number of rotatable bonds is 5. The summed E-state index contributed by atoms with van der Waals surface area (Å²) in [4.78, 5) is 25.9. The summed E-state index contributed by atoms with van der Waals surface area (Å²) in [5.74, 6) is 2.54. The van der Waals surface area contributed by atoms with Gasteiger partial charge in [-0.2, -0.15) is 0 Å². The van der Waals surface area contributed by atoms with Crippen molar-refractivity contribution < 1.29 is 0 Å². The van der Waals surface area contributed by atoms with Gasteiger partial charge in [0.2, 0.25) is 0 Å². The first-order valence-electron chi connectivity index (χ1n) is 10.7. The third-order valence-electron chi connectivity index (χ3n) is 6.30. The summed E-state index contributed by atoms with van der Waals surface area (Å²) in [5, 5.41) is 1.08. The second-order valence-electron chi connectivity index (χ2n) is 8.13. The highest BCUT2D eigenvalue weighted by atomic mass is 15.3. The molecular formula is C23H27N7. The average molecular weight is 402 g/mol. The van der Waals surface area contributed by atoms with Gasteiger partial charge in [-0.05, 0) is 42.5 Å². The molecule has 0 amide bonds. The summed E-state index contributed by atoms with van der Waals surface area (Å²) in [5.41, 5.74) is 3.21. The third kappa shape index (κ3) is 3.44. The maximum Gasteiger partial charge on any atom is 0.142 e. The molecule has 0 radical (unpaired) electrons. The molecular weight excluding hydrogens is 374 g/mol. The number of dihydropyridines is 1. The zero-order valence-corrected chi connectivity index (χ0v) is 17.5. The summed E-state index contributed by atoms with van der Waals surface area (Å²) in [7, 11) is 2.14. The highest BCUT2D eigenvalue weighted by molar-refractivity contribution is 6.10. The predicted octanol–water partition coefficient (Wildman–Crippen LogP) is 3.56. The van der Waals surface area contributed by atoms with E-state index in [2.05, 4.69) is 61.9 Å². The van der Waals surface area contributed by atoms with Crippen LogP contribution >= 0.6 is 0 Å². The van der Waals surface area contributed by atoms with Crippen molar-refractivity contribution in [1.29, 1.82) is 0 Å². The Balaban J connectivity index is 1.30. The molecule has 2 unspecified atom stereocenters. The highest BCUT2D eigenvalue weighted by Crippen LogP contribution is 2.28. The van der Waals surface area contributed by atoms with Crippen LogP contribution in [0.1, 0.15) is 25.3 Å². The Morgan fingerprint density at radius 3 is 2.97 bits per heavy atom. The van der Waals surface area contributed by atoms with Gasteiger partial charge in [-0.3, -0.25) is 4.99 Å². The molecule has 2 aliphatic rings. The largest absolute Gasteiger partial charge is 0.355 e. The Kier molecular flexibility index (Phi) is 4.94. The standard InChI is InChI=1S/C23H27N7/c1-3-16-10-18(12-24-11-16)17-4-5-21(26-13-17)29(2)19-7-9-30(14-19)23-20-6-8-25-22(20)27-15-28-23/h4-6,8,10,12-13,15-16,19H,3,7,9,11,14H2,1-2H3,(H,25,27,28). The van der Waals surface area contributed by atoms with Gasteiger partial charge in [-0.25, -0.2) is 15.0 Å². The van der Waals surface area contributed by atoms with Crippen LogP contribution in [-0.4, -0.2) is 58.9 Å². The van der Waals surface area contributed by atoms with Crippen LogP contribution in [0.3, 0.4) is 0 Å². The molecule has 30 heavy (non-hydrogen) atoms. The molecule has 0 spiro atoms. The second kappa shape index (κ2) is 7.89. The van der Waals surface area contributed by atoms with E-state index >= 15 is 0 Å². The van der Waals surface area contributed by atoms with Gasteiger partial charge >= 0.3 is 0 Å². The number of aliphatic imine (C=N–C) groups is 1. The maximum absolute atomic E-state index is 4.76. The van der Waals surface area contributed by atoms with Gasteiger partial charge in [0.15, 0.2) is 0 Å². The topological polar surface area (TPSA) is 73.3 Å². The summed E-state index contributed by atoms with van der Waals surface area (Å²) in [6.45, 7) is 5.01. The van der Waals surface area contributed by atoms with E-state index in [1.165, 1.54) is 5.57 Å². The van der Waals surface area contributed by atoms with Crippen molar-refractivity contribution in [2.24, 2.45) is 10.9 Å². The lowest BCUT2D eigenvalue weighted by molar-refractivity contribution is 0.640. The quantitative estimate of drug-likeness (QED) is 0.708. The number of H-pyrrole nitrogens is 1. The summed E-state index contributed by atoms with van der Waals surface area (Å²) in [6, 6.07) is 6.73. The van der Waals surface area contributed by atoms with Crippen LogP contribution in [-0.2, 0) is 0 Å². The summed E-state index contributed by atoms with van der Waals surface area (Å²) >= 11 is 0. The van der Waals surface area contributed by atoms with E-state index in [-0.39, 0.29) is 0 Å². The predicted molar refractivity (Wildman–Crippen MR) is 122 cm³/mol. The summed E-state index contributed by atoms with van der Waals surface area (Å²) < 4.78 is 0. The van der Waals surface area contributed by atoms with Crippen molar-refractivity contribution in [3.63, 3.8) is 0 Å². The smallest absolute Gasteiger partial charge is 0.142 e. The van der Waals surface area contributed by atoms with Gasteiger partial charge in [-0.15, -0.1) is 0 Å². The lowest BCUT2D eigenvalue weighted by Gasteiger charge is -2.26. The van der Waals surface area contributed by atoms with Crippen LogP contribution in [0.25, 0.3) is 16.6 Å². The van der Waals surface area contributed by atoms with E-state index in [0.717, 1.165) is 60.7 Å². The normalized spacial score (nSPS) is 21.3. The Morgan fingerprint density at radius 1 is 1.20 bits per heavy atom. The van der Waals surface area contributed by atoms with Crippen LogP contribution in [0.5, 0.6) is 0 Å². The van der Waals surface area contributed by atoms with E-state index in [1.807, 2.05) is 24.7 Å². The number of aromatic nitrogens is 4. The molecule has 1 saturated heterocycles. The monoisotopic (exact) mass is 401 g/mol. The van der Waals surface area contributed by atoms with Crippen LogP contribution in [0.2, 0.25) is 0 Å². The van der Waals surface area contributed by atoms with Crippen LogP contribution in [0.4, 0.5) is 11.6 Å². The Bertz CT molecular complexity index is 1080. The first-order valence-corrected chi connectivity index (χ1v) is 10.7. The van der Waals surface area contributed by atoms with Gasteiger partial charge in [0.05, 0.1) is 5.39 Å². The van der Waals surface area contributed by atoms with Crippen LogP contribution in [0, 0.1) is 5.92 Å². The van der Waals surface area contributed by atoms with E-state index in [9.17, 15) is 0 Å². The minimum atomic E-state index is 0.396. The fourth-order valence-corrected chi connectivity index (χ4v) is 4.37. The number of nitrogens with zero attached hydrogens (tertiary/aromatic N) is 6. The van der Waals surface area contributed by atoms with Gasteiger partial charge in [-0.1, -0.05) is 13.0 Å². The van der Waals surface area contributed by atoms with Gasteiger partial charge in [0.25, 0.3) is 0 Å². The lowest BCUT2D eigenvalue weighted by atomic mass is 9.97.